The quantitative estimate of drug-likeness (QED) is 0.943. The minimum Gasteiger partial charge on any atom is -0.464 e. The van der Waals surface area contributed by atoms with Crippen molar-refractivity contribution in [1.82, 2.24) is 4.90 Å². The second-order valence-electron chi connectivity index (χ2n) is 5.66. The van der Waals surface area contributed by atoms with Gasteiger partial charge in [0.05, 0.1) is 6.04 Å². The van der Waals surface area contributed by atoms with E-state index in [9.17, 15) is 9.90 Å². The molecule has 1 saturated heterocycles. The summed E-state index contributed by atoms with van der Waals surface area (Å²) in [6.45, 7) is 2.70. The van der Waals surface area contributed by atoms with Crippen LogP contribution in [0.3, 0.4) is 0 Å². The summed E-state index contributed by atoms with van der Waals surface area (Å²) >= 11 is 0. The van der Waals surface area contributed by atoms with Crippen LogP contribution in [0.2, 0.25) is 0 Å². The monoisotopic (exact) mass is 299 g/mol. The number of aliphatic hydroxyl groups is 1. The first-order valence-corrected chi connectivity index (χ1v) is 7.82. The van der Waals surface area contributed by atoms with Crippen molar-refractivity contribution in [2.45, 2.75) is 38.3 Å². The van der Waals surface area contributed by atoms with Crippen LogP contribution in [-0.2, 0) is 11.2 Å². The Hall–Kier alpha value is -2.07. The van der Waals surface area contributed by atoms with Gasteiger partial charge in [0.25, 0.3) is 5.91 Å². The largest absolute Gasteiger partial charge is 0.464 e. The maximum atomic E-state index is 12.6. The van der Waals surface area contributed by atoms with Gasteiger partial charge < -0.3 is 14.4 Å². The minimum atomic E-state index is -1.11. The van der Waals surface area contributed by atoms with E-state index >= 15 is 0 Å². The maximum Gasteiger partial charge on any atom is 0.256 e. The van der Waals surface area contributed by atoms with Crippen LogP contribution < -0.4 is 0 Å². The first-order valence-electron chi connectivity index (χ1n) is 7.82. The normalized spacial score (nSPS) is 19.4. The van der Waals surface area contributed by atoms with Gasteiger partial charge >= 0.3 is 0 Å². The Morgan fingerprint density at radius 2 is 2.09 bits per heavy atom. The van der Waals surface area contributed by atoms with Crippen molar-refractivity contribution in [2.24, 2.45) is 0 Å². The first kappa shape index (κ1) is 14.9. The Bertz CT molecular complexity index is 635. The number of hydrogen-bond acceptors (Lipinski definition) is 3. The smallest absolute Gasteiger partial charge is 0.256 e. The first-order chi connectivity index (χ1) is 10.7. The van der Waals surface area contributed by atoms with Crippen molar-refractivity contribution in [1.29, 1.82) is 0 Å². The summed E-state index contributed by atoms with van der Waals surface area (Å²) in [7, 11) is 0. The van der Waals surface area contributed by atoms with Gasteiger partial charge in [-0.05, 0) is 30.5 Å². The summed E-state index contributed by atoms with van der Waals surface area (Å²) in [4.78, 5) is 14.4. The molecule has 0 bridgehead atoms. The summed E-state index contributed by atoms with van der Waals surface area (Å²) in [5.74, 6) is 1.50. The molecule has 4 heteroatoms. The number of benzene rings is 1. The lowest BCUT2D eigenvalue weighted by molar-refractivity contribution is -0.141. The third-order valence-corrected chi connectivity index (χ3v) is 4.24. The highest BCUT2D eigenvalue weighted by atomic mass is 16.3. The van der Waals surface area contributed by atoms with Crippen molar-refractivity contribution in [3.8, 4) is 0 Å². The molecule has 1 aliphatic heterocycles. The van der Waals surface area contributed by atoms with E-state index in [1.807, 2.05) is 37.3 Å². The summed E-state index contributed by atoms with van der Waals surface area (Å²) in [5.41, 5.74) is 0.631. The van der Waals surface area contributed by atoms with Crippen LogP contribution >= 0.6 is 0 Å². The van der Waals surface area contributed by atoms with E-state index in [1.54, 1.807) is 17.0 Å². The highest BCUT2D eigenvalue weighted by molar-refractivity contribution is 5.82. The molecule has 2 atom stereocenters. The molecule has 116 valence electrons. The van der Waals surface area contributed by atoms with Crippen LogP contribution in [0.1, 0.15) is 49.0 Å². The fraction of sp³-hybridized carbons (Fsp3) is 0.389. The fourth-order valence-electron chi connectivity index (χ4n) is 3.02. The van der Waals surface area contributed by atoms with E-state index in [4.69, 9.17) is 4.42 Å². The van der Waals surface area contributed by atoms with Crippen molar-refractivity contribution < 1.29 is 14.3 Å². The number of nitrogens with zero attached hydrogens (tertiary/aromatic N) is 1. The van der Waals surface area contributed by atoms with Crippen LogP contribution in [0.4, 0.5) is 0 Å². The molecule has 1 fully saturated rings. The zero-order valence-corrected chi connectivity index (χ0v) is 12.7. The number of carbonyl (C=O) groups is 1. The van der Waals surface area contributed by atoms with Crippen LogP contribution in [-0.4, -0.2) is 22.5 Å². The molecule has 1 aliphatic rings. The molecular formula is C18H21NO3. The second kappa shape index (κ2) is 6.36. The zero-order valence-electron chi connectivity index (χ0n) is 12.7. The average Bonchev–Trinajstić information content (AvgIpc) is 3.22. The van der Waals surface area contributed by atoms with E-state index in [1.165, 1.54) is 0 Å². The Balaban J connectivity index is 1.79. The molecule has 0 radical (unpaired) electrons. The molecule has 4 nitrogen and oxygen atoms in total. The number of amides is 1. The standard InChI is InChI=1S/C18H21NO3/c1-2-14-10-11-16(22-14)15-9-6-12-19(15)18(21)17(20)13-7-4-3-5-8-13/h3-5,7-8,10-11,15,17,20H,2,6,9,12H2,1H3. The van der Waals surface area contributed by atoms with Crippen molar-refractivity contribution in [3.05, 3.63) is 59.5 Å². The molecule has 0 spiro atoms. The number of aliphatic hydroxyl groups excluding tert-OH is 1. The second-order valence-corrected chi connectivity index (χ2v) is 5.66. The Kier molecular flexibility index (Phi) is 4.29. The predicted octanol–water partition coefficient (Wildman–Crippen LogP) is 3.24. The van der Waals surface area contributed by atoms with Gasteiger partial charge in [0, 0.05) is 13.0 Å². The number of carbonyl (C=O) groups excluding carboxylic acids is 1. The molecule has 1 amide bonds. The molecule has 0 aliphatic carbocycles. The molecule has 3 rings (SSSR count). The SMILES string of the molecule is CCc1ccc(C2CCCN2C(=O)C(O)c2ccccc2)o1. The highest BCUT2D eigenvalue weighted by Crippen LogP contribution is 2.35. The van der Waals surface area contributed by atoms with E-state index in [0.29, 0.717) is 12.1 Å². The van der Waals surface area contributed by atoms with Crippen molar-refractivity contribution in [3.63, 3.8) is 0 Å². The Labute approximate surface area is 130 Å². The number of furan rings is 1. The summed E-state index contributed by atoms with van der Waals surface area (Å²) in [6, 6.07) is 12.9. The number of hydrogen-bond donors (Lipinski definition) is 1. The van der Waals surface area contributed by atoms with Gasteiger partial charge in [-0.1, -0.05) is 37.3 Å². The maximum absolute atomic E-state index is 12.6. The molecule has 0 saturated carbocycles. The zero-order chi connectivity index (χ0) is 15.5. The van der Waals surface area contributed by atoms with Crippen molar-refractivity contribution >= 4 is 5.91 Å². The van der Waals surface area contributed by atoms with Crippen LogP contribution in [0.5, 0.6) is 0 Å². The molecule has 1 N–H and O–H groups in total. The minimum absolute atomic E-state index is 0.0637. The lowest BCUT2D eigenvalue weighted by Crippen LogP contribution is -2.34. The molecular weight excluding hydrogens is 278 g/mol. The molecule has 2 unspecified atom stereocenters. The molecule has 22 heavy (non-hydrogen) atoms. The topological polar surface area (TPSA) is 53.7 Å². The predicted molar refractivity (Wildman–Crippen MR) is 83.2 cm³/mol. The third kappa shape index (κ3) is 2.79. The van der Waals surface area contributed by atoms with Gasteiger partial charge in [0.1, 0.15) is 11.5 Å². The molecule has 2 heterocycles. The number of aryl methyl sites for hydroxylation is 1. The van der Waals surface area contributed by atoms with Gasteiger partial charge in [-0.3, -0.25) is 4.79 Å². The molecule has 2 aromatic rings. The summed E-state index contributed by atoms with van der Waals surface area (Å²) in [6.07, 6.45) is 1.54. The van der Waals surface area contributed by atoms with Crippen molar-refractivity contribution in [2.75, 3.05) is 6.54 Å². The Morgan fingerprint density at radius 1 is 1.32 bits per heavy atom. The Morgan fingerprint density at radius 3 is 2.77 bits per heavy atom. The van der Waals surface area contributed by atoms with E-state index in [0.717, 1.165) is 30.8 Å². The third-order valence-electron chi connectivity index (χ3n) is 4.24. The van der Waals surface area contributed by atoms with E-state index in [2.05, 4.69) is 0 Å². The van der Waals surface area contributed by atoms with Gasteiger partial charge in [0.15, 0.2) is 6.10 Å². The fourth-order valence-corrected chi connectivity index (χ4v) is 3.02. The van der Waals surface area contributed by atoms with E-state index < -0.39 is 6.10 Å². The summed E-state index contributed by atoms with van der Waals surface area (Å²) < 4.78 is 5.81. The number of likely N-dealkylation sites (tertiary alicyclic amines) is 1. The van der Waals surface area contributed by atoms with Crippen LogP contribution in [0.25, 0.3) is 0 Å². The van der Waals surface area contributed by atoms with Gasteiger partial charge in [0.2, 0.25) is 0 Å². The lowest BCUT2D eigenvalue weighted by atomic mass is 10.1. The summed E-state index contributed by atoms with van der Waals surface area (Å²) in [5, 5.41) is 10.3. The number of rotatable bonds is 4. The van der Waals surface area contributed by atoms with Gasteiger partial charge in [-0.15, -0.1) is 0 Å². The molecule has 1 aromatic carbocycles. The van der Waals surface area contributed by atoms with Gasteiger partial charge in [-0.2, -0.15) is 0 Å². The van der Waals surface area contributed by atoms with E-state index in [-0.39, 0.29) is 11.9 Å². The lowest BCUT2D eigenvalue weighted by Gasteiger charge is -2.25. The van der Waals surface area contributed by atoms with Crippen LogP contribution in [0, 0.1) is 0 Å². The highest BCUT2D eigenvalue weighted by Gasteiger charge is 2.35. The average molecular weight is 299 g/mol. The molecule has 1 aromatic heterocycles. The van der Waals surface area contributed by atoms with Gasteiger partial charge in [-0.25, -0.2) is 0 Å². The van der Waals surface area contributed by atoms with Crippen LogP contribution in [0.15, 0.2) is 46.9 Å².